The zero-order chi connectivity index (χ0) is 14.0. The highest BCUT2D eigenvalue weighted by Gasteiger charge is 2.22. The van der Waals surface area contributed by atoms with E-state index in [1.807, 2.05) is 0 Å². The van der Waals surface area contributed by atoms with Gasteiger partial charge in [0.05, 0.1) is 16.5 Å². The number of rotatable bonds is 4. The molecule has 0 unspecified atom stereocenters. The molecule has 0 bridgehead atoms. The van der Waals surface area contributed by atoms with Gasteiger partial charge in [-0.2, -0.15) is 9.40 Å². The molecule has 0 aliphatic carbocycles. The maximum Gasteiger partial charge on any atom is 0.243 e. The van der Waals surface area contributed by atoms with Gasteiger partial charge in [-0.15, -0.1) is 0 Å². The fourth-order valence-corrected chi connectivity index (χ4v) is 2.82. The van der Waals surface area contributed by atoms with Crippen LogP contribution in [0.2, 0.25) is 5.02 Å². The molecule has 0 aliphatic heterocycles. The van der Waals surface area contributed by atoms with Crippen LogP contribution in [0.1, 0.15) is 5.82 Å². The second-order valence-corrected chi connectivity index (χ2v) is 6.22. The molecule has 1 N–H and O–H groups in total. The number of aromatic nitrogens is 3. The summed E-state index contributed by atoms with van der Waals surface area (Å²) in [5.41, 5.74) is 0. The van der Waals surface area contributed by atoms with E-state index in [-0.39, 0.29) is 16.5 Å². The van der Waals surface area contributed by atoms with Crippen molar-refractivity contribution in [3.63, 3.8) is 0 Å². The number of nitrogens with zero attached hydrogens (tertiary/aromatic N) is 3. The van der Waals surface area contributed by atoms with Gasteiger partial charge in [-0.25, -0.2) is 17.8 Å². The van der Waals surface area contributed by atoms with Crippen LogP contribution in [-0.4, -0.2) is 35.0 Å². The minimum Gasteiger partial charge on any atom is -0.262 e. The first-order valence-corrected chi connectivity index (χ1v) is 6.98. The van der Waals surface area contributed by atoms with Gasteiger partial charge in [0.25, 0.3) is 0 Å². The minimum absolute atomic E-state index is 0.0251. The highest BCUT2D eigenvalue weighted by Crippen LogP contribution is 2.22. The highest BCUT2D eigenvalue weighted by atomic mass is 35.5. The summed E-state index contributed by atoms with van der Waals surface area (Å²) in [5.74, 6) is -0.266. The van der Waals surface area contributed by atoms with Crippen molar-refractivity contribution in [3.8, 4) is 0 Å². The highest BCUT2D eigenvalue weighted by molar-refractivity contribution is 7.89. The maximum atomic E-state index is 13.0. The number of H-pyrrole nitrogens is 1. The van der Waals surface area contributed by atoms with Crippen molar-refractivity contribution in [2.75, 3.05) is 7.05 Å². The second-order valence-electron chi connectivity index (χ2n) is 3.77. The maximum absolute atomic E-state index is 13.0. The molecule has 0 atom stereocenters. The van der Waals surface area contributed by atoms with Crippen molar-refractivity contribution in [2.45, 2.75) is 11.4 Å². The average molecular weight is 305 g/mol. The van der Waals surface area contributed by atoms with Gasteiger partial charge in [0.2, 0.25) is 10.0 Å². The Morgan fingerprint density at radius 3 is 2.79 bits per heavy atom. The fourth-order valence-electron chi connectivity index (χ4n) is 1.42. The van der Waals surface area contributed by atoms with E-state index in [1.165, 1.54) is 13.4 Å². The topological polar surface area (TPSA) is 79.0 Å². The Kier molecular flexibility index (Phi) is 3.83. The molecule has 0 fully saturated rings. The molecule has 1 aromatic heterocycles. The molecule has 2 aromatic rings. The van der Waals surface area contributed by atoms with Gasteiger partial charge in [-0.3, -0.25) is 5.10 Å². The summed E-state index contributed by atoms with van der Waals surface area (Å²) in [6.07, 6.45) is 1.28. The summed E-state index contributed by atoms with van der Waals surface area (Å²) < 4.78 is 38.5. The Hall–Kier alpha value is -1.51. The SMILES string of the molecule is CN(Cc1ncn[nH]1)S(=O)(=O)c1ccc(F)c(Cl)c1. The van der Waals surface area contributed by atoms with Gasteiger partial charge >= 0.3 is 0 Å². The van der Waals surface area contributed by atoms with E-state index in [9.17, 15) is 12.8 Å². The molecule has 1 heterocycles. The molecule has 6 nitrogen and oxygen atoms in total. The van der Waals surface area contributed by atoms with Crippen molar-refractivity contribution in [3.05, 3.63) is 41.2 Å². The van der Waals surface area contributed by atoms with Crippen LogP contribution in [0.25, 0.3) is 0 Å². The van der Waals surface area contributed by atoms with Crippen LogP contribution in [0.4, 0.5) is 4.39 Å². The van der Waals surface area contributed by atoms with Crippen LogP contribution >= 0.6 is 11.6 Å². The van der Waals surface area contributed by atoms with Crippen molar-refractivity contribution < 1.29 is 12.8 Å². The summed E-state index contributed by atoms with van der Waals surface area (Å²) >= 11 is 5.58. The summed E-state index contributed by atoms with van der Waals surface area (Å²) in [6, 6.07) is 3.24. The minimum atomic E-state index is -3.76. The lowest BCUT2D eigenvalue weighted by atomic mass is 10.3. The van der Waals surface area contributed by atoms with E-state index in [1.54, 1.807) is 0 Å². The van der Waals surface area contributed by atoms with Crippen LogP contribution in [0.5, 0.6) is 0 Å². The smallest absolute Gasteiger partial charge is 0.243 e. The van der Waals surface area contributed by atoms with E-state index < -0.39 is 15.8 Å². The molecule has 0 radical (unpaired) electrons. The summed E-state index contributed by atoms with van der Waals surface area (Å²) in [7, 11) is -2.38. The Morgan fingerprint density at radius 1 is 1.47 bits per heavy atom. The molecule has 0 aliphatic rings. The summed E-state index contributed by atoms with van der Waals surface area (Å²) in [6.45, 7) is 0.0251. The van der Waals surface area contributed by atoms with Gasteiger partial charge in [0, 0.05) is 7.05 Å². The molecular formula is C10H10ClFN4O2S. The summed E-state index contributed by atoms with van der Waals surface area (Å²) in [5, 5.41) is 5.94. The Bertz CT molecular complexity index is 675. The lowest BCUT2D eigenvalue weighted by Gasteiger charge is -2.15. The lowest BCUT2D eigenvalue weighted by molar-refractivity contribution is 0.457. The van der Waals surface area contributed by atoms with Crippen LogP contribution in [0, 0.1) is 5.82 Å². The first-order valence-electron chi connectivity index (χ1n) is 5.17. The van der Waals surface area contributed by atoms with Crippen LogP contribution < -0.4 is 0 Å². The third-order valence-corrected chi connectivity index (χ3v) is 4.53. The van der Waals surface area contributed by atoms with E-state index >= 15 is 0 Å². The van der Waals surface area contributed by atoms with Gasteiger partial charge in [0.1, 0.15) is 18.0 Å². The quantitative estimate of drug-likeness (QED) is 0.926. The number of sulfonamides is 1. The molecule has 0 amide bonds. The fraction of sp³-hybridized carbons (Fsp3) is 0.200. The van der Waals surface area contributed by atoms with Crippen LogP contribution in [0.3, 0.4) is 0 Å². The standard InChI is InChI=1S/C10H10ClFN4O2S/c1-16(5-10-13-6-14-15-10)19(17,18)7-2-3-9(12)8(11)4-7/h2-4,6H,5H2,1H3,(H,13,14,15). The first kappa shape index (κ1) is 13.9. The third-order valence-electron chi connectivity index (χ3n) is 2.44. The van der Waals surface area contributed by atoms with Gasteiger partial charge in [-0.05, 0) is 18.2 Å². The number of hydrogen-bond acceptors (Lipinski definition) is 4. The van der Waals surface area contributed by atoms with Crippen molar-refractivity contribution >= 4 is 21.6 Å². The van der Waals surface area contributed by atoms with Crippen molar-refractivity contribution in [2.24, 2.45) is 0 Å². The second kappa shape index (κ2) is 5.24. The van der Waals surface area contributed by atoms with Crippen LogP contribution in [0.15, 0.2) is 29.4 Å². The zero-order valence-corrected chi connectivity index (χ0v) is 11.4. The normalized spacial score (nSPS) is 12.0. The Morgan fingerprint density at radius 2 is 2.21 bits per heavy atom. The molecule has 1 aromatic carbocycles. The molecule has 0 spiro atoms. The number of benzene rings is 1. The number of hydrogen-bond donors (Lipinski definition) is 1. The van der Waals surface area contributed by atoms with Gasteiger partial charge in [-0.1, -0.05) is 11.6 Å². The Labute approximate surface area is 114 Å². The van der Waals surface area contributed by atoms with E-state index in [0.717, 1.165) is 22.5 Å². The molecule has 19 heavy (non-hydrogen) atoms. The largest absolute Gasteiger partial charge is 0.262 e. The van der Waals surface area contributed by atoms with E-state index in [0.29, 0.717) is 5.82 Å². The summed E-state index contributed by atoms with van der Waals surface area (Å²) in [4.78, 5) is 3.75. The monoisotopic (exact) mass is 304 g/mol. The number of halogens is 2. The predicted octanol–water partition coefficient (Wildman–Crippen LogP) is 1.42. The molecule has 0 saturated heterocycles. The number of nitrogens with one attached hydrogen (secondary N) is 1. The van der Waals surface area contributed by atoms with Gasteiger partial charge in [0.15, 0.2) is 0 Å². The van der Waals surface area contributed by atoms with Crippen LogP contribution in [-0.2, 0) is 16.6 Å². The molecule has 9 heteroatoms. The molecular weight excluding hydrogens is 295 g/mol. The lowest BCUT2D eigenvalue weighted by Crippen LogP contribution is -2.27. The molecule has 102 valence electrons. The van der Waals surface area contributed by atoms with Crippen molar-refractivity contribution in [1.29, 1.82) is 0 Å². The zero-order valence-electron chi connectivity index (χ0n) is 9.84. The first-order chi connectivity index (χ1) is 8.91. The van der Waals surface area contributed by atoms with Gasteiger partial charge < -0.3 is 0 Å². The predicted molar refractivity (Wildman–Crippen MR) is 66.4 cm³/mol. The van der Waals surface area contributed by atoms with Crippen molar-refractivity contribution in [1.82, 2.24) is 19.5 Å². The third kappa shape index (κ3) is 2.91. The Balaban J connectivity index is 2.28. The van der Waals surface area contributed by atoms with E-state index in [2.05, 4.69) is 15.2 Å². The number of aromatic amines is 1. The average Bonchev–Trinajstić information content (AvgIpc) is 2.85. The van der Waals surface area contributed by atoms with E-state index in [4.69, 9.17) is 11.6 Å². The molecule has 0 saturated carbocycles. The molecule has 2 rings (SSSR count).